The van der Waals surface area contributed by atoms with Gasteiger partial charge in [-0.15, -0.1) is 0 Å². The minimum Gasteiger partial charge on any atom is -0.481 e. The van der Waals surface area contributed by atoms with Gasteiger partial charge < -0.3 is 10.2 Å². The average Bonchev–Trinajstić information content (AvgIpc) is 2.81. The summed E-state index contributed by atoms with van der Waals surface area (Å²) < 4.78 is 27.1. The van der Waals surface area contributed by atoms with Crippen LogP contribution in [-0.4, -0.2) is 51.2 Å². The zero-order chi connectivity index (χ0) is 15.6. The highest BCUT2D eigenvalue weighted by molar-refractivity contribution is 7.89. The number of aromatic nitrogens is 3. The van der Waals surface area contributed by atoms with Gasteiger partial charge in [-0.1, -0.05) is 0 Å². The van der Waals surface area contributed by atoms with Gasteiger partial charge in [-0.05, 0) is 12.1 Å². The first-order valence-electron chi connectivity index (χ1n) is 5.57. The van der Waals surface area contributed by atoms with Crippen LogP contribution in [0.15, 0.2) is 29.6 Å². The van der Waals surface area contributed by atoms with Gasteiger partial charge in [-0.3, -0.25) is 9.59 Å². The van der Waals surface area contributed by atoms with Crippen molar-refractivity contribution in [1.29, 1.82) is 0 Å². The molecule has 2 heterocycles. The van der Waals surface area contributed by atoms with Gasteiger partial charge in [-0.25, -0.2) is 17.9 Å². The number of hydrogen-bond acceptors (Lipinski definition) is 6. The van der Waals surface area contributed by atoms with Gasteiger partial charge >= 0.3 is 11.9 Å². The Morgan fingerprint density at radius 3 is 2.71 bits per heavy atom. The van der Waals surface area contributed by atoms with Gasteiger partial charge in [0.15, 0.2) is 10.7 Å². The molecule has 0 fully saturated rings. The molecule has 0 aromatic carbocycles. The minimum atomic E-state index is -4.29. The maximum absolute atomic E-state index is 12.1. The van der Waals surface area contributed by atoms with E-state index in [2.05, 4.69) is 10.1 Å². The lowest BCUT2D eigenvalue weighted by molar-refractivity contribution is -0.145. The van der Waals surface area contributed by atoms with Crippen LogP contribution in [0.2, 0.25) is 0 Å². The maximum Gasteiger partial charge on any atom is 0.322 e. The van der Waals surface area contributed by atoms with Crippen LogP contribution in [0, 0.1) is 0 Å². The zero-order valence-electron chi connectivity index (χ0n) is 10.4. The monoisotopic (exact) mass is 314 g/mol. The molecule has 2 aromatic rings. The third-order valence-corrected chi connectivity index (χ3v) is 3.92. The van der Waals surface area contributed by atoms with Crippen molar-refractivity contribution in [3.05, 3.63) is 24.5 Å². The van der Waals surface area contributed by atoms with E-state index in [1.165, 1.54) is 12.3 Å². The van der Waals surface area contributed by atoms with Crippen molar-refractivity contribution >= 4 is 27.6 Å². The lowest BCUT2D eigenvalue weighted by atomic mass is 10.2. The second-order valence-corrected chi connectivity index (χ2v) is 5.66. The maximum atomic E-state index is 12.1. The minimum absolute atomic E-state index is 0.253. The lowest BCUT2D eigenvalue weighted by Crippen LogP contribution is -2.42. The third-order valence-electron chi connectivity index (χ3n) is 2.50. The van der Waals surface area contributed by atoms with Gasteiger partial charge in [0.1, 0.15) is 6.04 Å². The Bertz CT molecular complexity index is 799. The molecule has 21 heavy (non-hydrogen) atoms. The van der Waals surface area contributed by atoms with Crippen molar-refractivity contribution in [2.45, 2.75) is 17.5 Å². The summed E-state index contributed by atoms with van der Waals surface area (Å²) >= 11 is 0. The zero-order valence-corrected chi connectivity index (χ0v) is 11.2. The summed E-state index contributed by atoms with van der Waals surface area (Å²) in [6, 6.07) is 1.27. The molecule has 2 rings (SSSR count). The predicted octanol–water partition coefficient (Wildman–Crippen LogP) is -1.06. The predicted molar refractivity (Wildman–Crippen MR) is 67.0 cm³/mol. The number of carboxylic acids is 2. The van der Waals surface area contributed by atoms with E-state index in [4.69, 9.17) is 10.2 Å². The van der Waals surface area contributed by atoms with Crippen molar-refractivity contribution in [2.75, 3.05) is 0 Å². The number of carbonyl (C=O) groups is 2. The van der Waals surface area contributed by atoms with Crippen molar-refractivity contribution in [1.82, 2.24) is 19.3 Å². The molecule has 0 spiro atoms. The van der Waals surface area contributed by atoms with E-state index in [9.17, 15) is 18.0 Å². The highest BCUT2D eigenvalue weighted by atomic mass is 32.2. The second kappa shape index (κ2) is 5.46. The van der Waals surface area contributed by atoms with Gasteiger partial charge in [0.05, 0.1) is 12.6 Å². The van der Waals surface area contributed by atoms with E-state index in [1.807, 2.05) is 4.72 Å². The summed E-state index contributed by atoms with van der Waals surface area (Å²) in [6.45, 7) is 0. The molecule has 11 heteroatoms. The number of sulfonamides is 1. The second-order valence-electron chi connectivity index (χ2n) is 4.00. The number of nitrogens with zero attached hydrogens (tertiary/aromatic N) is 3. The number of imidazole rings is 1. The van der Waals surface area contributed by atoms with Crippen LogP contribution < -0.4 is 4.72 Å². The molecule has 3 N–H and O–H groups in total. The largest absolute Gasteiger partial charge is 0.481 e. The highest BCUT2D eigenvalue weighted by Crippen LogP contribution is 2.11. The van der Waals surface area contributed by atoms with E-state index in [0.29, 0.717) is 0 Å². The molecule has 2 aromatic heterocycles. The summed E-state index contributed by atoms with van der Waals surface area (Å²) in [4.78, 5) is 25.3. The van der Waals surface area contributed by atoms with E-state index >= 15 is 0 Å². The summed E-state index contributed by atoms with van der Waals surface area (Å²) in [5.74, 6) is -3.04. The van der Waals surface area contributed by atoms with Crippen LogP contribution in [0.5, 0.6) is 0 Å². The van der Waals surface area contributed by atoms with Crippen LogP contribution in [0.25, 0.3) is 5.65 Å². The van der Waals surface area contributed by atoms with Crippen molar-refractivity contribution in [2.24, 2.45) is 0 Å². The Labute approximate surface area is 118 Å². The Hall–Kier alpha value is -2.53. The number of rotatable bonds is 6. The van der Waals surface area contributed by atoms with Gasteiger partial charge in [0.25, 0.3) is 10.0 Å². The van der Waals surface area contributed by atoms with E-state index in [1.54, 1.807) is 6.07 Å². The van der Waals surface area contributed by atoms with Gasteiger partial charge in [0.2, 0.25) is 0 Å². The number of nitrogens with one attached hydrogen (secondary N) is 1. The number of hydrogen-bond donors (Lipinski definition) is 3. The molecule has 0 unspecified atom stereocenters. The van der Waals surface area contributed by atoms with Gasteiger partial charge in [0, 0.05) is 6.20 Å². The molecule has 0 saturated heterocycles. The molecule has 0 aliphatic heterocycles. The van der Waals surface area contributed by atoms with Crippen LogP contribution in [0.3, 0.4) is 0 Å². The summed E-state index contributed by atoms with van der Waals surface area (Å²) in [7, 11) is -4.29. The standard InChI is InChI=1S/C10H10N4O6S/c15-9(16)4-6(10(17)18)13-21(19,20)8-5-11-7-2-1-3-12-14(7)8/h1-3,5-6,13H,4H2,(H,15,16)(H,17,18)/t6-/m0/s1. The van der Waals surface area contributed by atoms with E-state index < -0.39 is 34.4 Å². The summed E-state index contributed by atoms with van der Waals surface area (Å²) in [6.07, 6.45) is 1.45. The van der Waals surface area contributed by atoms with Crippen LogP contribution >= 0.6 is 0 Å². The fourth-order valence-electron chi connectivity index (χ4n) is 1.59. The molecule has 0 aliphatic rings. The highest BCUT2D eigenvalue weighted by Gasteiger charge is 2.29. The first-order chi connectivity index (χ1) is 9.81. The number of aliphatic carboxylic acids is 2. The first-order valence-corrected chi connectivity index (χ1v) is 7.05. The van der Waals surface area contributed by atoms with E-state index in [-0.39, 0.29) is 10.7 Å². The van der Waals surface area contributed by atoms with Crippen molar-refractivity contribution < 1.29 is 28.2 Å². The fraction of sp³-hybridized carbons (Fsp3) is 0.200. The fourth-order valence-corrected chi connectivity index (χ4v) is 2.83. The summed E-state index contributed by atoms with van der Waals surface area (Å²) in [5.41, 5.74) is 0.253. The smallest absolute Gasteiger partial charge is 0.322 e. The Kier molecular flexibility index (Phi) is 3.86. The van der Waals surface area contributed by atoms with Crippen LogP contribution in [-0.2, 0) is 19.6 Å². The number of carboxylic acid groups (broad SMARTS) is 2. The molecule has 0 aliphatic carbocycles. The molecular formula is C10H10N4O6S. The third kappa shape index (κ3) is 3.14. The van der Waals surface area contributed by atoms with E-state index in [0.717, 1.165) is 10.7 Å². The van der Waals surface area contributed by atoms with Crippen molar-refractivity contribution in [3.63, 3.8) is 0 Å². The first kappa shape index (κ1) is 14.9. The Balaban J connectivity index is 2.37. The molecule has 0 saturated carbocycles. The SMILES string of the molecule is O=C(O)C[C@H](NS(=O)(=O)c1cnc2cccnn12)C(=O)O. The molecule has 10 nitrogen and oxygen atoms in total. The molecule has 0 bridgehead atoms. The molecular weight excluding hydrogens is 304 g/mol. The van der Waals surface area contributed by atoms with Crippen LogP contribution in [0.1, 0.15) is 6.42 Å². The molecule has 0 radical (unpaired) electrons. The Morgan fingerprint density at radius 1 is 1.38 bits per heavy atom. The molecule has 1 atom stereocenters. The lowest BCUT2D eigenvalue weighted by Gasteiger charge is -2.12. The normalized spacial score (nSPS) is 13.1. The van der Waals surface area contributed by atoms with Gasteiger partial charge in [-0.2, -0.15) is 9.82 Å². The molecule has 0 amide bonds. The summed E-state index contributed by atoms with van der Waals surface area (Å²) in [5, 5.41) is 20.9. The topological polar surface area (TPSA) is 151 Å². The van der Waals surface area contributed by atoms with Crippen molar-refractivity contribution in [3.8, 4) is 0 Å². The molecule has 112 valence electrons. The average molecular weight is 314 g/mol. The number of fused-ring (bicyclic) bond motifs is 1. The Morgan fingerprint density at radius 2 is 2.10 bits per heavy atom. The quantitative estimate of drug-likeness (QED) is 0.610. The van der Waals surface area contributed by atoms with Crippen LogP contribution in [0.4, 0.5) is 0 Å².